The third kappa shape index (κ3) is 3.84. The Morgan fingerprint density at radius 3 is 2.52 bits per heavy atom. The van der Waals surface area contributed by atoms with Crippen LogP contribution in [0.1, 0.15) is 5.82 Å². The molecule has 3 aromatic rings. The molecule has 2 heterocycles. The van der Waals surface area contributed by atoms with E-state index in [9.17, 15) is 9.90 Å². The number of rotatable bonds is 5. The SMILES string of the molecule is COc1cc2nc(C[NH+]3CCN(c4ccccc4O)CC3)[nH]c(=O)c2cc1OC. The van der Waals surface area contributed by atoms with Crippen LogP contribution in [0.4, 0.5) is 5.69 Å². The Bertz CT molecular complexity index is 1070. The minimum atomic E-state index is -0.182. The Morgan fingerprint density at radius 1 is 1.14 bits per heavy atom. The highest BCUT2D eigenvalue weighted by molar-refractivity contribution is 5.81. The average molecular weight is 397 g/mol. The van der Waals surface area contributed by atoms with Crippen LogP contribution >= 0.6 is 0 Å². The summed E-state index contributed by atoms with van der Waals surface area (Å²) in [4.78, 5) is 23.6. The standard InChI is InChI=1S/C21H24N4O4/c1-28-18-11-14-15(12-19(18)29-2)22-20(23-21(14)27)13-24-7-9-25(10-8-24)16-5-3-4-6-17(16)26/h3-6,11-12,26H,7-10,13H2,1-2H3,(H,22,23,27)/p+1. The van der Waals surface area contributed by atoms with Gasteiger partial charge in [0.15, 0.2) is 17.3 Å². The first-order chi connectivity index (χ1) is 14.1. The molecule has 8 nitrogen and oxygen atoms in total. The first-order valence-electron chi connectivity index (χ1n) is 9.60. The van der Waals surface area contributed by atoms with E-state index in [2.05, 4.69) is 14.9 Å². The monoisotopic (exact) mass is 397 g/mol. The van der Waals surface area contributed by atoms with Crippen molar-refractivity contribution in [2.24, 2.45) is 0 Å². The number of phenols is 1. The number of hydrogen-bond acceptors (Lipinski definition) is 6. The number of anilines is 1. The average Bonchev–Trinajstić information content (AvgIpc) is 2.74. The van der Waals surface area contributed by atoms with Crippen LogP contribution in [-0.4, -0.2) is 55.5 Å². The van der Waals surface area contributed by atoms with Crippen LogP contribution in [0.25, 0.3) is 10.9 Å². The molecule has 1 saturated heterocycles. The van der Waals surface area contributed by atoms with Crippen LogP contribution < -0.4 is 24.8 Å². The molecule has 0 radical (unpaired) electrons. The highest BCUT2D eigenvalue weighted by Crippen LogP contribution is 2.30. The van der Waals surface area contributed by atoms with Gasteiger partial charge in [0.05, 0.1) is 57.0 Å². The van der Waals surface area contributed by atoms with Crippen molar-refractivity contribution in [3.05, 3.63) is 52.6 Å². The van der Waals surface area contributed by atoms with Crippen molar-refractivity contribution in [1.82, 2.24) is 9.97 Å². The number of quaternary nitrogens is 1. The largest absolute Gasteiger partial charge is 0.506 e. The van der Waals surface area contributed by atoms with Gasteiger partial charge in [-0.3, -0.25) is 4.79 Å². The zero-order valence-corrected chi connectivity index (χ0v) is 16.6. The molecular weight excluding hydrogens is 372 g/mol. The van der Waals surface area contributed by atoms with Gasteiger partial charge < -0.3 is 29.4 Å². The fourth-order valence-electron chi connectivity index (χ4n) is 3.81. The molecule has 152 valence electrons. The summed E-state index contributed by atoms with van der Waals surface area (Å²) < 4.78 is 10.6. The van der Waals surface area contributed by atoms with Crippen molar-refractivity contribution >= 4 is 16.6 Å². The number of aromatic hydroxyl groups is 1. The summed E-state index contributed by atoms with van der Waals surface area (Å²) in [6.45, 7) is 4.07. The number of piperazine rings is 1. The number of H-pyrrole nitrogens is 1. The first-order valence-corrected chi connectivity index (χ1v) is 9.60. The first kappa shape index (κ1) is 19.1. The lowest BCUT2D eigenvalue weighted by atomic mass is 10.2. The second kappa shape index (κ2) is 8.00. The molecule has 0 atom stereocenters. The van der Waals surface area contributed by atoms with Gasteiger partial charge in [-0.1, -0.05) is 12.1 Å². The molecule has 0 bridgehead atoms. The number of aromatic amines is 1. The van der Waals surface area contributed by atoms with E-state index in [1.807, 2.05) is 18.2 Å². The predicted molar refractivity (Wildman–Crippen MR) is 110 cm³/mol. The lowest BCUT2D eigenvalue weighted by Crippen LogP contribution is -3.13. The summed E-state index contributed by atoms with van der Waals surface area (Å²) >= 11 is 0. The third-order valence-electron chi connectivity index (χ3n) is 5.37. The topological polar surface area (TPSA) is 92.1 Å². The Kier molecular flexibility index (Phi) is 5.26. The number of nitrogens with zero attached hydrogens (tertiary/aromatic N) is 2. The molecule has 4 rings (SSSR count). The Morgan fingerprint density at radius 2 is 1.83 bits per heavy atom. The van der Waals surface area contributed by atoms with E-state index in [0.29, 0.717) is 40.5 Å². The summed E-state index contributed by atoms with van der Waals surface area (Å²) in [7, 11) is 3.10. The maximum absolute atomic E-state index is 12.5. The molecule has 1 fully saturated rings. The second-order valence-corrected chi connectivity index (χ2v) is 7.14. The van der Waals surface area contributed by atoms with Crippen LogP contribution in [0, 0.1) is 0 Å². The van der Waals surface area contributed by atoms with Crippen LogP contribution in [0.5, 0.6) is 17.2 Å². The molecule has 1 aliphatic rings. The normalized spacial score (nSPS) is 14.9. The van der Waals surface area contributed by atoms with Crippen molar-refractivity contribution in [1.29, 1.82) is 0 Å². The zero-order valence-electron chi connectivity index (χ0n) is 16.6. The minimum absolute atomic E-state index is 0.182. The summed E-state index contributed by atoms with van der Waals surface area (Å²) in [6, 6.07) is 10.8. The van der Waals surface area contributed by atoms with Crippen molar-refractivity contribution in [2.75, 3.05) is 45.3 Å². The van der Waals surface area contributed by atoms with Gasteiger partial charge >= 0.3 is 0 Å². The number of para-hydroxylation sites is 2. The number of benzene rings is 2. The number of nitrogens with one attached hydrogen (secondary N) is 2. The molecule has 1 aliphatic heterocycles. The van der Waals surface area contributed by atoms with Gasteiger partial charge in [0.2, 0.25) is 0 Å². The number of ether oxygens (including phenoxy) is 2. The maximum Gasteiger partial charge on any atom is 0.259 e. The Hall–Kier alpha value is -3.26. The number of fused-ring (bicyclic) bond motifs is 1. The zero-order chi connectivity index (χ0) is 20.4. The van der Waals surface area contributed by atoms with E-state index in [0.717, 1.165) is 31.9 Å². The van der Waals surface area contributed by atoms with Gasteiger partial charge in [0.1, 0.15) is 12.3 Å². The summed E-state index contributed by atoms with van der Waals surface area (Å²) in [6.07, 6.45) is 0. The van der Waals surface area contributed by atoms with Crippen LogP contribution in [-0.2, 0) is 6.54 Å². The minimum Gasteiger partial charge on any atom is -0.506 e. The highest BCUT2D eigenvalue weighted by atomic mass is 16.5. The molecule has 8 heteroatoms. The molecule has 0 amide bonds. The summed E-state index contributed by atoms with van der Waals surface area (Å²) in [5.41, 5.74) is 1.27. The van der Waals surface area contributed by atoms with Crippen molar-refractivity contribution in [3.8, 4) is 17.2 Å². The van der Waals surface area contributed by atoms with Crippen LogP contribution in [0.2, 0.25) is 0 Å². The Labute approximate surface area is 168 Å². The molecule has 29 heavy (non-hydrogen) atoms. The highest BCUT2D eigenvalue weighted by Gasteiger charge is 2.23. The molecule has 2 aromatic carbocycles. The lowest BCUT2D eigenvalue weighted by Gasteiger charge is -2.33. The van der Waals surface area contributed by atoms with Gasteiger partial charge in [0, 0.05) is 6.07 Å². The van der Waals surface area contributed by atoms with E-state index in [1.54, 1.807) is 25.3 Å². The molecule has 0 spiro atoms. The summed E-state index contributed by atoms with van der Waals surface area (Å²) in [5, 5.41) is 10.5. The Balaban J connectivity index is 1.50. The van der Waals surface area contributed by atoms with Crippen molar-refractivity contribution in [2.45, 2.75) is 6.54 Å². The van der Waals surface area contributed by atoms with Crippen molar-refractivity contribution in [3.63, 3.8) is 0 Å². The predicted octanol–water partition coefficient (Wildman–Crippen LogP) is 0.551. The van der Waals surface area contributed by atoms with Crippen LogP contribution in [0.15, 0.2) is 41.2 Å². The fourth-order valence-corrected chi connectivity index (χ4v) is 3.81. The number of methoxy groups -OCH3 is 2. The number of hydrogen-bond donors (Lipinski definition) is 3. The lowest BCUT2D eigenvalue weighted by molar-refractivity contribution is -0.915. The quantitative estimate of drug-likeness (QED) is 0.583. The fraction of sp³-hybridized carbons (Fsp3) is 0.333. The third-order valence-corrected chi connectivity index (χ3v) is 5.37. The van der Waals surface area contributed by atoms with E-state index < -0.39 is 0 Å². The second-order valence-electron chi connectivity index (χ2n) is 7.14. The van der Waals surface area contributed by atoms with E-state index in [4.69, 9.17) is 9.47 Å². The number of aromatic nitrogens is 2. The molecule has 3 N–H and O–H groups in total. The van der Waals surface area contributed by atoms with Crippen LogP contribution in [0.3, 0.4) is 0 Å². The molecule has 0 saturated carbocycles. The van der Waals surface area contributed by atoms with E-state index in [-0.39, 0.29) is 5.56 Å². The maximum atomic E-state index is 12.5. The van der Waals surface area contributed by atoms with Gasteiger partial charge in [-0.15, -0.1) is 0 Å². The smallest absolute Gasteiger partial charge is 0.259 e. The molecular formula is C21H25N4O4+. The molecule has 1 aromatic heterocycles. The molecule has 0 aliphatic carbocycles. The van der Waals surface area contributed by atoms with Gasteiger partial charge in [0.25, 0.3) is 5.56 Å². The van der Waals surface area contributed by atoms with Gasteiger partial charge in [-0.2, -0.15) is 0 Å². The van der Waals surface area contributed by atoms with Crippen molar-refractivity contribution < 1.29 is 19.5 Å². The van der Waals surface area contributed by atoms with E-state index >= 15 is 0 Å². The van der Waals surface area contributed by atoms with Gasteiger partial charge in [-0.05, 0) is 18.2 Å². The molecule has 0 unspecified atom stereocenters. The van der Waals surface area contributed by atoms with E-state index in [1.165, 1.54) is 12.0 Å². The summed E-state index contributed by atoms with van der Waals surface area (Å²) in [5.74, 6) is 2.01. The number of phenolic OH excluding ortho intramolecular Hbond substituents is 1. The van der Waals surface area contributed by atoms with Gasteiger partial charge in [-0.25, -0.2) is 4.98 Å².